The van der Waals surface area contributed by atoms with Gasteiger partial charge >= 0.3 is 0 Å². The highest BCUT2D eigenvalue weighted by atomic mass is 79.9. The normalized spacial score (nSPS) is 12.3. The molecule has 1 aromatic heterocycles. The number of benzene rings is 1. The molecular formula is C13H12BrFN2OS. The molecule has 0 radical (unpaired) electrons. The summed E-state index contributed by atoms with van der Waals surface area (Å²) < 4.78 is 14.5. The number of amides is 1. The fraction of sp³-hybridized carbons (Fsp3) is 0.154. The standard InChI is InChI=1S/C13H12BrFN2OS/c14-8-3-4-11(15)10(6-8)12(13(16)18)17-7-9-2-1-5-19-9/h1-6,12,17H,7H2,(H2,16,18). The lowest BCUT2D eigenvalue weighted by atomic mass is 10.1. The Bertz CT molecular complexity index is 574. The van der Waals surface area contributed by atoms with E-state index in [0.717, 1.165) is 4.88 Å². The monoisotopic (exact) mass is 342 g/mol. The molecule has 0 aliphatic heterocycles. The number of nitrogens with one attached hydrogen (secondary N) is 1. The summed E-state index contributed by atoms with van der Waals surface area (Å²) in [4.78, 5) is 12.6. The average Bonchev–Trinajstić information content (AvgIpc) is 2.86. The lowest BCUT2D eigenvalue weighted by molar-refractivity contribution is -0.120. The first-order chi connectivity index (χ1) is 9.08. The van der Waals surface area contributed by atoms with Crippen molar-refractivity contribution in [3.05, 3.63) is 56.4 Å². The smallest absolute Gasteiger partial charge is 0.239 e. The van der Waals surface area contributed by atoms with Gasteiger partial charge in [-0.2, -0.15) is 0 Å². The predicted octanol–water partition coefficient (Wildman–Crippen LogP) is 2.97. The molecule has 0 bridgehead atoms. The van der Waals surface area contributed by atoms with Crippen molar-refractivity contribution in [3.8, 4) is 0 Å². The predicted molar refractivity (Wildman–Crippen MR) is 77.2 cm³/mol. The Balaban J connectivity index is 2.20. The molecule has 0 spiro atoms. The maximum Gasteiger partial charge on any atom is 0.239 e. The molecule has 3 nitrogen and oxygen atoms in total. The molecule has 0 aliphatic carbocycles. The Morgan fingerprint density at radius 1 is 1.47 bits per heavy atom. The van der Waals surface area contributed by atoms with E-state index in [-0.39, 0.29) is 5.56 Å². The van der Waals surface area contributed by atoms with Gasteiger partial charge < -0.3 is 5.73 Å². The Morgan fingerprint density at radius 3 is 2.89 bits per heavy atom. The van der Waals surface area contributed by atoms with E-state index in [1.807, 2.05) is 17.5 Å². The van der Waals surface area contributed by atoms with Crippen LogP contribution in [-0.4, -0.2) is 5.91 Å². The van der Waals surface area contributed by atoms with Gasteiger partial charge in [0.05, 0.1) is 0 Å². The summed E-state index contributed by atoms with van der Waals surface area (Å²) in [7, 11) is 0. The van der Waals surface area contributed by atoms with Gasteiger partial charge in [-0.3, -0.25) is 10.1 Å². The third-order valence-corrected chi connectivity index (χ3v) is 3.98. The van der Waals surface area contributed by atoms with Crippen molar-refractivity contribution < 1.29 is 9.18 Å². The molecule has 1 unspecified atom stereocenters. The molecule has 2 aromatic rings. The number of halogens is 2. The first-order valence-electron chi connectivity index (χ1n) is 5.58. The third-order valence-electron chi connectivity index (χ3n) is 2.61. The fourth-order valence-corrected chi connectivity index (χ4v) is 2.75. The van der Waals surface area contributed by atoms with Crippen molar-refractivity contribution in [2.24, 2.45) is 5.73 Å². The minimum absolute atomic E-state index is 0.249. The maximum absolute atomic E-state index is 13.8. The molecule has 2 rings (SSSR count). The Morgan fingerprint density at radius 2 is 2.26 bits per heavy atom. The van der Waals surface area contributed by atoms with Crippen molar-refractivity contribution in [3.63, 3.8) is 0 Å². The number of nitrogens with two attached hydrogens (primary N) is 1. The van der Waals surface area contributed by atoms with E-state index in [1.54, 1.807) is 23.5 Å². The van der Waals surface area contributed by atoms with Gasteiger partial charge in [0, 0.05) is 21.5 Å². The van der Waals surface area contributed by atoms with Crippen LogP contribution in [0.5, 0.6) is 0 Å². The van der Waals surface area contributed by atoms with E-state index < -0.39 is 17.8 Å². The van der Waals surface area contributed by atoms with Gasteiger partial charge in [-0.15, -0.1) is 11.3 Å². The molecule has 19 heavy (non-hydrogen) atoms. The Labute approximate surface area is 122 Å². The van der Waals surface area contributed by atoms with E-state index in [2.05, 4.69) is 21.2 Å². The van der Waals surface area contributed by atoms with Crippen molar-refractivity contribution in [2.45, 2.75) is 12.6 Å². The highest BCUT2D eigenvalue weighted by Crippen LogP contribution is 2.22. The van der Waals surface area contributed by atoms with Crippen LogP contribution in [0.3, 0.4) is 0 Å². The van der Waals surface area contributed by atoms with E-state index in [1.165, 1.54) is 6.07 Å². The molecule has 0 saturated heterocycles. The molecule has 1 aromatic carbocycles. The zero-order valence-corrected chi connectivity index (χ0v) is 12.3. The Kier molecular flexibility index (Phi) is 4.68. The van der Waals surface area contributed by atoms with Gasteiger partial charge in [-0.1, -0.05) is 22.0 Å². The molecule has 1 heterocycles. The van der Waals surface area contributed by atoms with E-state index in [0.29, 0.717) is 11.0 Å². The average molecular weight is 343 g/mol. The van der Waals surface area contributed by atoms with Gasteiger partial charge in [-0.25, -0.2) is 4.39 Å². The van der Waals surface area contributed by atoms with Crippen molar-refractivity contribution >= 4 is 33.2 Å². The summed E-state index contributed by atoms with van der Waals surface area (Å²) in [6, 6.07) is 7.46. The second kappa shape index (κ2) is 6.27. The summed E-state index contributed by atoms with van der Waals surface area (Å²) in [5, 5.41) is 4.92. The third kappa shape index (κ3) is 3.62. The van der Waals surface area contributed by atoms with Crippen molar-refractivity contribution in [2.75, 3.05) is 0 Å². The molecule has 0 fully saturated rings. The van der Waals surface area contributed by atoms with Crippen LogP contribution in [0.2, 0.25) is 0 Å². The van der Waals surface area contributed by atoms with E-state index >= 15 is 0 Å². The molecule has 1 amide bonds. The number of carbonyl (C=O) groups is 1. The van der Waals surface area contributed by atoms with Gasteiger partial charge in [0.25, 0.3) is 0 Å². The fourth-order valence-electron chi connectivity index (χ4n) is 1.72. The highest BCUT2D eigenvalue weighted by Gasteiger charge is 2.21. The molecule has 100 valence electrons. The zero-order valence-electron chi connectivity index (χ0n) is 9.90. The second-order valence-electron chi connectivity index (χ2n) is 3.96. The molecule has 6 heteroatoms. The molecule has 3 N–H and O–H groups in total. The number of hydrogen-bond donors (Lipinski definition) is 2. The second-order valence-corrected chi connectivity index (χ2v) is 5.91. The lowest BCUT2D eigenvalue weighted by Crippen LogP contribution is -2.33. The van der Waals surface area contributed by atoms with Crippen LogP contribution in [-0.2, 0) is 11.3 Å². The van der Waals surface area contributed by atoms with E-state index in [4.69, 9.17) is 5.73 Å². The van der Waals surface area contributed by atoms with E-state index in [9.17, 15) is 9.18 Å². The first-order valence-corrected chi connectivity index (χ1v) is 7.25. The quantitative estimate of drug-likeness (QED) is 0.877. The lowest BCUT2D eigenvalue weighted by Gasteiger charge is -2.16. The van der Waals surface area contributed by atoms with Crippen molar-refractivity contribution in [1.29, 1.82) is 0 Å². The maximum atomic E-state index is 13.8. The van der Waals surface area contributed by atoms with Crippen LogP contribution in [0, 0.1) is 5.82 Å². The van der Waals surface area contributed by atoms with Crippen molar-refractivity contribution in [1.82, 2.24) is 5.32 Å². The van der Waals surface area contributed by atoms with Crippen LogP contribution in [0.4, 0.5) is 4.39 Å². The molecular weight excluding hydrogens is 331 g/mol. The summed E-state index contributed by atoms with van der Waals surface area (Å²) in [5.74, 6) is -1.06. The van der Waals surface area contributed by atoms with Gasteiger partial charge in [0.15, 0.2) is 0 Å². The highest BCUT2D eigenvalue weighted by molar-refractivity contribution is 9.10. The van der Waals surface area contributed by atoms with Gasteiger partial charge in [0.2, 0.25) is 5.91 Å². The zero-order chi connectivity index (χ0) is 13.8. The van der Waals surface area contributed by atoms with Crippen LogP contribution < -0.4 is 11.1 Å². The minimum Gasteiger partial charge on any atom is -0.368 e. The molecule has 0 aliphatic rings. The molecule has 0 saturated carbocycles. The Hall–Kier alpha value is -1.24. The number of rotatable bonds is 5. The number of hydrogen-bond acceptors (Lipinski definition) is 3. The topological polar surface area (TPSA) is 55.1 Å². The van der Waals surface area contributed by atoms with Crippen LogP contribution in [0.15, 0.2) is 40.2 Å². The van der Waals surface area contributed by atoms with Crippen LogP contribution >= 0.6 is 27.3 Å². The van der Waals surface area contributed by atoms with Crippen LogP contribution in [0.25, 0.3) is 0 Å². The summed E-state index contributed by atoms with van der Waals surface area (Å²) in [5.41, 5.74) is 5.60. The number of carbonyl (C=O) groups excluding carboxylic acids is 1. The minimum atomic E-state index is -0.848. The van der Waals surface area contributed by atoms with Gasteiger partial charge in [-0.05, 0) is 29.6 Å². The molecule has 1 atom stereocenters. The summed E-state index contributed by atoms with van der Waals surface area (Å²) in [6.45, 7) is 0.469. The summed E-state index contributed by atoms with van der Waals surface area (Å²) in [6.07, 6.45) is 0. The van der Waals surface area contributed by atoms with Crippen LogP contribution in [0.1, 0.15) is 16.5 Å². The van der Waals surface area contributed by atoms with Gasteiger partial charge in [0.1, 0.15) is 11.9 Å². The SMILES string of the molecule is NC(=O)C(NCc1cccs1)c1cc(Br)ccc1F. The number of thiophene rings is 1. The largest absolute Gasteiger partial charge is 0.368 e. The first kappa shape index (κ1) is 14.2. The summed E-state index contributed by atoms with van der Waals surface area (Å²) >= 11 is 4.82. The number of primary amides is 1.